The summed E-state index contributed by atoms with van der Waals surface area (Å²) in [6, 6.07) is 5.79. The summed E-state index contributed by atoms with van der Waals surface area (Å²) in [4.78, 5) is 0. The van der Waals surface area contributed by atoms with Gasteiger partial charge < -0.3 is 19.8 Å². The van der Waals surface area contributed by atoms with Gasteiger partial charge in [0, 0.05) is 13.0 Å². The predicted molar refractivity (Wildman–Crippen MR) is 79.4 cm³/mol. The van der Waals surface area contributed by atoms with E-state index in [1.807, 2.05) is 18.2 Å². The van der Waals surface area contributed by atoms with Crippen LogP contribution >= 0.6 is 0 Å². The number of nitrogens with two attached hydrogens (primary N) is 1. The van der Waals surface area contributed by atoms with Gasteiger partial charge >= 0.3 is 0 Å². The van der Waals surface area contributed by atoms with E-state index in [9.17, 15) is 0 Å². The Morgan fingerprint density at radius 2 is 2.14 bits per heavy atom. The zero-order valence-electron chi connectivity index (χ0n) is 12.4. The number of benzene rings is 1. The molecule has 3 rings (SSSR count). The van der Waals surface area contributed by atoms with Gasteiger partial charge in [-0.2, -0.15) is 0 Å². The molecule has 0 bridgehead atoms. The largest absolute Gasteiger partial charge is 0.493 e. The molecule has 1 unspecified atom stereocenters. The number of ether oxygens (including phenoxy) is 2. The average molecular weight is 288 g/mol. The predicted octanol–water partition coefficient (Wildman–Crippen LogP) is 1.48. The van der Waals surface area contributed by atoms with Crippen LogP contribution in [-0.4, -0.2) is 35.5 Å². The van der Waals surface area contributed by atoms with Crippen molar-refractivity contribution in [2.24, 2.45) is 11.7 Å². The van der Waals surface area contributed by atoms with E-state index < -0.39 is 0 Å². The van der Waals surface area contributed by atoms with E-state index in [1.165, 1.54) is 0 Å². The van der Waals surface area contributed by atoms with Crippen LogP contribution in [0.4, 0.5) is 0 Å². The van der Waals surface area contributed by atoms with E-state index in [0.717, 1.165) is 36.6 Å². The second-order valence-corrected chi connectivity index (χ2v) is 5.23. The Balaban J connectivity index is 2.05. The van der Waals surface area contributed by atoms with Gasteiger partial charge in [0.2, 0.25) is 0 Å². The molecule has 1 aromatic carbocycles. The molecule has 2 aromatic rings. The molecule has 21 heavy (non-hydrogen) atoms. The van der Waals surface area contributed by atoms with Gasteiger partial charge in [-0.1, -0.05) is 6.07 Å². The van der Waals surface area contributed by atoms with Crippen molar-refractivity contribution in [2.45, 2.75) is 19.4 Å². The third kappa shape index (κ3) is 2.35. The van der Waals surface area contributed by atoms with Gasteiger partial charge in [0.1, 0.15) is 5.82 Å². The van der Waals surface area contributed by atoms with Gasteiger partial charge in [-0.05, 0) is 31.0 Å². The highest BCUT2D eigenvalue weighted by Crippen LogP contribution is 2.38. The molecule has 0 amide bonds. The second-order valence-electron chi connectivity index (χ2n) is 5.23. The number of methoxy groups -OCH3 is 2. The van der Waals surface area contributed by atoms with Crippen LogP contribution in [0.5, 0.6) is 11.5 Å². The van der Waals surface area contributed by atoms with Gasteiger partial charge in [0.25, 0.3) is 0 Å². The Kier molecular flexibility index (Phi) is 3.79. The van der Waals surface area contributed by atoms with E-state index in [0.29, 0.717) is 24.0 Å². The van der Waals surface area contributed by atoms with Crippen LogP contribution in [0.1, 0.15) is 12.2 Å². The molecule has 6 heteroatoms. The van der Waals surface area contributed by atoms with Crippen molar-refractivity contribution in [3.05, 3.63) is 24.0 Å². The maximum atomic E-state index is 5.77. The highest BCUT2D eigenvalue weighted by molar-refractivity contribution is 5.69. The maximum absolute atomic E-state index is 5.77. The molecule has 2 heterocycles. The van der Waals surface area contributed by atoms with Crippen LogP contribution in [0.3, 0.4) is 0 Å². The van der Waals surface area contributed by atoms with Crippen molar-refractivity contribution in [2.75, 3.05) is 20.8 Å². The summed E-state index contributed by atoms with van der Waals surface area (Å²) in [6.45, 7) is 1.59. The lowest BCUT2D eigenvalue weighted by atomic mass is 9.98. The number of aromatic nitrogens is 3. The number of para-hydroxylation sites is 1. The van der Waals surface area contributed by atoms with E-state index >= 15 is 0 Å². The lowest BCUT2D eigenvalue weighted by molar-refractivity contribution is 0.355. The fourth-order valence-corrected chi connectivity index (χ4v) is 2.86. The van der Waals surface area contributed by atoms with E-state index in [-0.39, 0.29) is 0 Å². The SMILES string of the molecule is COc1cccc(-c2nnc3n2CCC(CN)C3)c1OC. The minimum atomic E-state index is 0.502. The number of nitrogens with zero attached hydrogens (tertiary/aromatic N) is 3. The van der Waals surface area contributed by atoms with Crippen molar-refractivity contribution in [3.8, 4) is 22.9 Å². The third-order valence-corrected chi connectivity index (χ3v) is 4.04. The quantitative estimate of drug-likeness (QED) is 0.922. The summed E-state index contributed by atoms with van der Waals surface area (Å²) in [5.74, 6) is 3.72. The zero-order valence-corrected chi connectivity index (χ0v) is 12.4. The fraction of sp³-hybridized carbons (Fsp3) is 0.467. The number of hydrogen-bond acceptors (Lipinski definition) is 5. The summed E-state index contributed by atoms with van der Waals surface area (Å²) >= 11 is 0. The van der Waals surface area contributed by atoms with Gasteiger partial charge in [0.05, 0.1) is 19.8 Å². The molecule has 0 fully saturated rings. The summed E-state index contributed by atoms with van der Waals surface area (Å²) in [7, 11) is 3.27. The Morgan fingerprint density at radius 3 is 2.86 bits per heavy atom. The Morgan fingerprint density at radius 1 is 1.29 bits per heavy atom. The molecule has 1 aliphatic rings. The minimum Gasteiger partial charge on any atom is -0.493 e. The Labute approximate surface area is 123 Å². The van der Waals surface area contributed by atoms with Crippen LogP contribution in [0.15, 0.2) is 18.2 Å². The van der Waals surface area contributed by atoms with Crippen molar-refractivity contribution in [3.63, 3.8) is 0 Å². The molecule has 1 aromatic heterocycles. The summed E-state index contributed by atoms with van der Waals surface area (Å²) in [5, 5.41) is 8.68. The Hall–Kier alpha value is -2.08. The molecule has 0 aliphatic carbocycles. The van der Waals surface area contributed by atoms with Crippen LogP contribution in [0.25, 0.3) is 11.4 Å². The summed E-state index contributed by atoms with van der Waals surface area (Å²) < 4.78 is 13.0. The van der Waals surface area contributed by atoms with Gasteiger partial charge in [-0.3, -0.25) is 0 Å². The van der Waals surface area contributed by atoms with E-state index in [4.69, 9.17) is 15.2 Å². The first kappa shape index (κ1) is 13.9. The van der Waals surface area contributed by atoms with Crippen molar-refractivity contribution in [1.82, 2.24) is 14.8 Å². The van der Waals surface area contributed by atoms with Crippen LogP contribution in [0.2, 0.25) is 0 Å². The maximum Gasteiger partial charge on any atom is 0.171 e. The second kappa shape index (κ2) is 5.73. The molecule has 6 nitrogen and oxygen atoms in total. The highest BCUT2D eigenvalue weighted by Gasteiger charge is 2.24. The first-order chi connectivity index (χ1) is 10.3. The molecular formula is C15H20N4O2. The summed E-state index contributed by atoms with van der Waals surface area (Å²) in [5.41, 5.74) is 6.67. The normalized spacial score (nSPS) is 17.4. The topological polar surface area (TPSA) is 75.2 Å². The van der Waals surface area contributed by atoms with Crippen molar-refractivity contribution >= 4 is 0 Å². The Bertz CT molecular complexity index is 639. The molecular weight excluding hydrogens is 268 g/mol. The third-order valence-electron chi connectivity index (χ3n) is 4.04. The summed E-state index contributed by atoms with van der Waals surface area (Å²) in [6.07, 6.45) is 1.94. The standard InChI is InChI=1S/C15H20N4O2/c1-20-12-5-3-4-11(14(12)21-2)15-18-17-13-8-10(9-16)6-7-19(13)15/h3-5,10H,6-9,16H2,1-2H3. The highest BCUT2D eigenvalue weighted by atomic mass is 16.5. The average Bonchev–Trinajstić information content (AvgIpc) is 2.96. The first-order valence-electron chi connectivity index (χ1n) is 7.12. The lowest BCUT2D eigenvalue weighted by Crippen LogP contribution is -2.25. The van der Waals surface area contributed by atoms with Gasteiger partial charge in [-0.25, -0.2) is 0 Å². The number of hydrogen-bond donors (Lipinski definition) is 1. The first-order valence-corrected chi connectivity index (χ1v) is 7.12. The van der Waals surface area contributed by atoms with E-state index in [2.05, 4.69) is 14.8 Å². The molecule has 0 radical (unpaired) electrons. The van der Waals surface area contributed by atoms with Crippen LogP contribution in [-0.2, 0) is 13.0 Å². The van der Waals surface area contributed by atoms with Crippen molar-refractivity contribution in [1.29, 1.82) is 0 Å². The van der Waals surface area contributed by atoms with Gasteiger partial charge in [0.15, 0.2) is 17.3 Å². The number of rotatable bonds is 4. The number of fused-ring (bicyclic) bond motifs is 1. The molecule has 0 spiro atoms. The van der Waals surface area contributed by atoms with E-state index in [1.54, 1.807) is 14.2 Å². The smallest absolute Gasteiger partial charge is 0.171 e. The minimum absolute atomic E-state index is 0.502. The van der Waals surface area contributed by atoms with Crippen LogP contribution in [0, 0.1) is 5.92 Å². The molecule has 112 valence electrons. The molecule has 0 saturated carbocycles. The molecule has 1 atom stereocenters. The molecule has 1 aliphatic heterocycles. The zero-order chi connectivity index (χ0) is 14.8. The lowest BCUT2D eigenvalue weighted by Gasteiger charge is -2.22. The monoisotopic (exact) mass is 288 g/mol. The van der Waals surface area contributed by atoms with Gasteiger partial charge in [-0.15, -0.1) is 10.2 Å². The molecule has 2 N–H and O–H groups in total. The fourth-order valence-electron chi connectivity index (χ4n) is 2.86. The van der Waals surface area contributed by atoms with Crippen LogP contribution < -0.4 is 15.2 Å². The van der Waals surface area contributed by atoms with Crippen molar-refractivity contribution < 1.29 is 9.47 Å². The molecule has 0 saturated heterocycles.